The highest BCUT2D eigenvalue weighted by Gasteiger charge is 2.10. The van der Waals surface area contributed by atoms with E-state index in [9.17, 15) is 4.79 Å². The van der Waals surface area contributed by atoms with E-state index in [1.807, 2.05) is 24.3 Å². The molecule has 3 rings (SSSR count). The number of halogens is 1. The van der Waals surface area contributed by atoms with E-state index in [4.69, 9.17) is 9.15 Å². The fourth-order valence-corrected chi connectivity index (χ4v) is 3.16. The molecule has 0 aliphatic rings. The smallest absolute Gasteiger partial charge is 0.257 e. The van der Waals surface area contributed by atoms with Gasteiger partial charge in [0, 0.05) is 5.69 Å². The average molecular weight is 393 g/mol. The summed E-state index contributed by atoms with van der Waals surface area (Å²) in [5.41, 5.74) is 2.20. The molecule has 0 unspecified atom stereocenters. The minimum atomic E-state index is -0.130. The van der Waals surface area contributed by atoms with Gasteiger partial charge in [-0.25, -0.2) is 4.98 Å². The van der Waals surface area contributed by atoms with Gasteiger partial charge in [0.25, 0.3) is 5.22 Å². The number of benzene rings is 2. The molecule has 3 aromatic rings. The van der Waals surface area contributed by atoms with Gasteiger partial charge in [0.2, 0.25) is 5.91 Å². The van der Waals surface area contributed by atoms with Crippen molar-refractivity contribution < 1.29 is 13.9 Å². The number of methoxy groups -OCH3 is 1. The van der Waals surface area contributed by atoms with Crippen LogP contribution in [0.1, 0.15) is 0 Å². The number of amides is 1. The quantitative estimate of drug-likeness (QED) is 0.654. The monoisotopic (exact) mass is 392 g/mol. The first-order valence-electron chi connectivity index (χ1n) is 6.77. The number of oxazole rings is 1. The molecular formula is C16H13BrN2O3S. The molecule has 0 spiro atoms. The maximum Gasteiger partial charge on any atom is 0.257 e. The topological polar surface area (TPSA) is 64.4 Å². The summed E-state index contributed by atoms with van der Waals surface area (Å²) in [7, 11) is 1.59. The molecule has 118 valence electrons. The number of ether oxygens (including phenoxy) is 1. The fraction of sp³-hybridized carbons (Fsp3) is 0.125. The maximum absolute atomic E-state index is 12.0. The third kappa shape index (κ3) is 3.86. The first-order chi connectivity index (χ1) is 11.2. The number of thioether (sulfide) groups is 1. The molecule has 1 N–H and O–H groups in total. The highest BCUT2D eigenvalue weighted by atomic mass is 79.9. The van der Waals surface area contributed by atoms with Crippen molar-refractivity contribution in [3.8, 4) is 5.75 Å². The summed E-state index contributed by atoms with van der Waals surface area (Å²) in [5.74, 6) is 0.800. The molecule has 0 saturated carbocycles. The van der Waals surface area contributed by atoms with Gasteiger partial charge in [-0.2, -0.15) is 0 Å². The highest BCUT2D eigenvalue weighted by Crippen LogP contribution is 2.28. The number of nitrogens with zero attached hydrogens (tertiary/aromatic N) is 1. The van der Waals surface area contributed by atoms with Gasteiger partial charge in [-0.15, -0.1) is 0 Å². The number of nitrogens with one attached hydrogen (secondary N) is 1. The Morgan fingerprint density at radius 3 is 2.91 bits per heavy atom. The lowest BCUT2D eigenvalue weighted by Crippen LogP contribution is -2.14. The van der Waals surface area contributed by atoms with Crippen LogP contribution in [0.5, 0.6) is 5.75 Å². The van der Waals surface area contributed by atoms with Crippen LogP contribution in [0.25, 0.3) is 11.1 Å². The maximum atomic E-state index is 12.0. The number of aromatic nitrogens is 1. The zero-order chi connectivity index (χ0) is 16.2. The zero-order valence-electron chi connectivity index (χ0n) is 12.2. The van der Waals surface area contributed by atoms with E-state index in [1.165, 1.54) is 11.8 Å². The SMILES string of the molecule is COc1ccc(NC(=O)CSc2nc3ccccc3o2)cc1Br. The lowest BCUT2D eigenvalue weighted by molar-refractivity contribution is -0.113. The fourth-order valence-electron chi connectivity index (χ4n) is 1.98. The lowest BCUT2D eigenvalue weighted by atomic mass is 10.3. The van der Waals surface area contributed by atoms with Gasteiger partial charge >= 0.3 is 0 Å². The van der Waals surface area contributed by atoms with Gasteiger partial charge < -0.3 is 14.5 Å². The number of fused-ring (bicyclic) bond motifs is 1. The van der Waals surface area contributed by atoms with E-state index in [1.54, 1.807) is 25.3 Å². The minimum Gasteiger partial charge on any atom is -0.496 e. The molecule has 0 atom stereocenters. The number of hydrogen-bond donors (Lipinski definition) is 1. The molecule has 7 heteroatoms. The van der Waals surface area contributed by atoms with Crippen molar-refractivity contribution >= 4 is 50.4 Å². The molecule has 1 aromatic heterocycles. The summed E-state index contributed by atoms with van der Waals surface area (Å²) in [6, 6.07) is 12.9. The Labute approximate surface area is 145 Å². The van der Waals surface area contributed by atoms with Crippen LogP contribution in [0.15, 0.2) is 56.6 Å². The zero-order valence-corrected chi connectivity index (χ0v) is 14.6. The second-order valence-corrected chi connectivity index (χ2v) is 6.41. The lowest BCUT2D eigenvalue weighted by Gasteiger charge is -2.07. The van der Waals surface area contributed by atoms with Crippen molar-refractivity contribution in [3.63, 3.8) is 0 Å². The summed E-state index contributed by atoms with van der Waals surface area (Å²) < 4.78 is 11.5. The molecule has 23 heavy (non-hydrogen) atoms. The molecule has 1 amide bonds. The summed E-state index contributed by atoms with van der Waals surface area (Å²) in [6.07, 6.45) is 0. The van der Waals surface area contributed by atoms with Gasteiger partial charge in [-0.05, 0) is 46.3 Å². The van der Waals surface area contributed by atoms with E-state index in [0.717, 1.165) is 15.6 Å². The van der Waals surface area contributed by atoms with E-state index in [2.05, 4.69) is 26.2 Å². The average Bonchev–Trinajstić information content (AvgIpc) is 2.96. The van der Waals surface area contributed by atoms with E-state index >= 15 is 0 Å². The second kappa shape index (κ2) is 7.06. The van der Waals surface area contributed by atoms with Crippen LogP contribution in [-0.2, 0) is 4.79 Å². The summed E-state index contributed by atoms with van der Waals surface area (Å²) >= 11 is 4.65. The minimum absolute atomic E-state index is 0.130. The highest BCUT2D eigenvalue weighted by molar-refractivity contribution is 9.10. The van der Waals surface area contributed by atoms with Gasteiger partial charge in [0.05, 0.1) is 17.3 Å². The summed E-state index contributed by atoms with van der Waals surface area (Å²) in [6.45, 7) is 0. The number of rotatable bonds is 5. The van der Waals surface area contributed by atoms with Crippen LogP contribution in [0, 0.1) is 0 Å². The number of anilines is 1. The van der Waals surface area contributed by atoms with Crippen molar-refractivity contribution in [2.75, 3.05) is 18.2 Å². The third-order valence-electron chi connectivity index (χ3n) is 3.04. The van der Waals surface area contributed by atoms with Crippen molar-refractivity contribution in [3.05, 3.63) is 46.9 Å². The van der Waals surface area contributed by atoms with Crippen LogP contribution >= 0.6 is 27.7 Å². The Bertz CT molecular complexity index is 817. The molecule has 1 heterocycles. The predicted octanol–water partition coefficient (Wildman–Crippen LogP) is 4.33. The Morgan fingerprint density at radius 2 is 2.17 bits per heavy atom. The molecule has 5 nitrogen and oxygen atoms in total. The molecule has 0 aliphatic carbocycles. The Hall–Kier alpha value is -1.99. The van der Waals surface area contributed by atoms with Gasteiger partial charge in [0.15, 0.2) is 5.58 Å². The number of carbonyl (C=O) groups is 1. The first kappa shape index (κ1) is 15.9. The van der Waals surface area contributed by atoms with E-state index in [-0.39, 0.29) is 11.7 Å². The van der Waals surface area contributed by atoms with E-state index < -0.39 is 0 Å². The molecule has 0 bridgehead atoms. The number of para-hydroxylation sites is 2. The van der Waals surface area contributed by atoms with Gasteiger partial charge in [-0.3, -0.25) is 4.79 Å². The van der Waals surface area contributed by atoms with Crippen molar-refractivity contribution in [1.82, 2.24) is 4.98 Å². The van der Waals surface area contributed by atoms with Crippen molar-refractivity contribution in [1.29, 1.82) is 0 Å². The number of carbonyl (C=O) groups excluding carboxylic acids is 1. The Kier molecular flexibility index (Phi) is 4.88. The second-order valence-electron chi connectivity index (χ2n) is 4.63. The Balaban J connectivity index is 1.60. The molecule has 0 fully saturated rings. The van der Waals surface area contributed by atoms with Crippen LogP contribution in [0.4, 0.5) is 5.69 Å². The molecule has 0 aliphatic heterocycles. The summed E-state index contributed by atoms with van der Waals surface area (Å²) in [5, 5.41) is 3.31. The van der Waals surface area contributed by atoms with Crippen LogP contribution in [-0.4, -0.2) is 23.8 Å². The molecule has 2 aromatic carbocycles. The van der Waals surface area contributed by atoms with Crippen LogP contribution in [0.2, 0.25) is 0 Å². The molecule has 0 saturated heterocycles. The predicted molar refractivity (Wildman–Crippen MR) is 94.1 cm³/mol. The molecule has 0 radical (unpaired) electrons. The first-order valence-corrected chi connectivity index (χ1v) is 8.55. The van der Waals surface area contributed by atoms with Crippen LogP contribution in [0.3, 0.4) is 0 Å². The van der Waals surface area contributed by atoms with Crippen molar-refractivity contribution in [2.24, 2.45) is 0 Å². The Morgan fingerprint density at radius 1 is 1.35 bits per heavy atom. The normalized spacial score (nSPS) is 10.7. The van der Waals surface area contributed by atoms with Gasteiger partial charge in [-0.1, -0.05) is 23.9 Å². The van der Waals surface area contributed by atoms with Gasteiger partial charge in [0.1, 0.15) is 11.3 Å². The van der Waals surface area contributed by atoms with Crippen LogP contribution < -0.4 is 10.1 Å². The van der Waals surface area contributed by atoms with E-state index in [0.29, 0.717) is 16.7 Å². The largest absolute Gasteiger partial charge is 0.496 e. The third-order valence-corrected chi connectivity index (χ3v) is 4.48. The van der Waals surface area contributed by atoms with Crippen molar-refractivity contribution in [2.45, 2.75) is 5.22 Å². The number of hydrogen-bond acceptors (Lipinski definition) is 5. The molecular weight excluding hydrogens is 380 g/mol. The summed E-state index contributed by atoms with van der Waals surface area (Å²) in [4.78, 5) is 16.3. The standard InChI is InChI=1S/C16H13BrN2O3S/c1-21-13-7-6-10(8-11(13)17)18-15(20)9-23-16-19-12-4-2-3-5-14(12)22-16/h2-8H,9H2,1H3,(H,18,20).